The average Bonchev–Trinajstić information content (AvgIpc) is 2.41. The highest BCUT2D eigenvalue weighted by atomic mass is 79.9. The molecule has 0 spiro atoms. The number of aromatic nitrogens is 2. The molecule has 0 bridgehead atoms. The summed E-state index contributed by atoms with van der Waals surface area (Å²) >= 11 is 3.50. The Morgan fingerprint density at radius 1 is 1.22 bits per heavy atom. The molecule has 0 unspecified atom stereocenters. The normalized spacial score (nSPS) is 17.1. The van der Waals surface area contributed by atoms with Gasteiger partial charge in [-0.3, -0.25) is 4.90 Å². The molecule has 6 heteroatoms. The van der Waals surface area contributed by atoms with E-state index >= 15 is 0 Å². The van der Waals surface area contributed by atoms with Gasteiger partial charge in [-0.2, -0.15) is 0 Å². The average molecular weight is 314 g/mol. The van der Waals surface area contributed by atoms with Crippen LogP contribution in [0.15, 0.2) is 17.0 Å². The molecule has 1 fully saturated rings. The molecular weight excluding hydrogens is 294 g/mol. The molecule has 0 amide bonds. The first kappa shape index (κ1) is 13.7. The van der Waals surface area contributed by atoms with Gasteiger partial charge in [-0.1, -0.05) is 0 Å². The van der Waals surface area contributed by atoms with E-state index in [2.05, 4.69) is 35.7 Å². The van der Waals surface area contributed by atoms with Gasteiger partial charge in [0.2, 0.25) is 0 Å². The summed E-state index contributed by atoms with van der Waals surface area (Å²) in [5, 5.41) is 0. The number of hydrogen-bond donors (Lipinski definition) is 1. The number of unbranched alkanes of at least 4 members (excludes halogenated alkanes) is 1. The highest BCUT2D eigenvalue weighted by molar-refractivity contribution is 9.10. The van der Waals surface area contributed by atoms with E-state index in [0.29, 0.717) is 0 Å². The van der Waals surface area contributed by atoms with Gasteiger partial charge >= 0.3 is 0 Å². The fraction of sp³-hybridized carbons (Fsp3) is 0.667. The minimum absolute atomic E-state index is 0.799. The number of hydrogen-bond acceptors (Lipinski definition) is 5. The van der Waals surface area contributed by atoms with E-state index in [1.165, 1.54) is 6.42 Å². The van der Waals surface area contributed by atoms with Gasteiger partial charge in [0.1, 0.15) is 12.1 Å². The smallest absolute Gasteiger partial charge is 0.146 e. The van der Waals surface area contributed by atoms with Crippen molar-refractivity contribution in [2.75, 3.05) is 44.2 Å². The van der Waals surface area contributed by atoms with Gasteiger partial charge in [-0.05, 0) is 41.9 Å². The van der Waals surface area contributed by atoms with Crippen molar-refractivity contribution in [2.45, 2.75) is 12.8 Å². The van der Waals surface area contributed by atoms with Crippen molar-refractivity contribution in [3.05, 3.63) is 17.0 Å². The molecule has 0 radical (unpaired) electrons. The van der Waals surface area contributed by atoms with E-state index in [0.717, 1.165) is 56.0 Å². The monoisotopic (exact) mass is 313 g/mol. The van der Waals surface area contributed by atoms with Crippen molar-refractivity contribution in [1.82, 2.24) is 14.9 Å². The Bertz CT molecular complexity index is 365. The fourth-order valence-electron chi connectivity index (χ4n) is 2.20. The van der Waals surface area contributed by atoms with Gasteiger partial charge in [0, 0.05) is 32.4 Å². The quantitative estimate of drug-likeness (QED) is 0.825. The summed E-state index contributed by atoms with van der Waals surface area (Å²) in [5.74, 6) is 1.01. The van der Waals surface area contributed by atoms with Crippen molar-refractivity contribution in [1.29, 1.82) is 0 Å². The van der Waals surface area contributed by atoms with Crippen LogP contribution in [0.4, 0.5) is 5.82 Å². The lowest BCUT2D eigenvalue weighted by Crippen LogP contribution is -2.47. The lowest BCUT2D eigenvalue weighted by Gasteiger charge is -2.35. The molecule has 0 aliphatic carbocycles. The number of anilines is 1. The van der Waals surface area contributed by atoms with Crippen LogP contribution < -0.4 is 10.6 Å². The molecule has 100 valence electrons. The minimum atomic E-state index is 0.799. The third-order valence-electron chi connectivity index (χ3n) is 3.25. The Labute approximate surface area is 117 Å². The fourth-order valence-corrected chi connectivity index (χ4v) is 2.67. The van der Waals surface area contributed by atoms with E-state index < -0.39 is 0 Å². The molecule has 5 nitrogen and oxygen atoms in total. The van der Waals surface area contributed by atoms with Crippen LogP contribution in [0.5, 0.6) is 0 Å². The Hall–Kier alpha value is -0.720. The number of piperazine rings is 1. The Balaban J connectivity index is 1.81. The van der Waals surface area contributed by atoms with Gasteiger partial charge in [0.25, 0.3) is 0 Å². The first-order valence-electron chi connectivity index (χ1n) is 6.44. The summed E-state index contributed by atoms with van der Waals surface area (Å²) in [4.78, 5) is 13.1. The second kappa shape index (κ2) is 7.01. The van der Waals surface area contributed by atoms with Crippen LogP contribution in [-0.4, -0.2) is 54.1 Å². The van der Waals surface area contributed by atoms with Crippen LogP contribution in [-0.2, 0) is 0 Å². The maximum absolute atomic E-state index is 5.51. The molecular formula is C12H20BrN5. The lowest BCUT2D eigenvalue weighted by molar-refractivity contribution is 0.253. The molecule has 1 aromatic rings. The summed E-state index contributed by atoms with van der Waals surface area (Å²) in [6, 6.07) is 0. The maximum Gasteiger partial charge on any atom is 0.146 e. The Morgan fingerprint density at radius 2 is 2.00 bits per heavy atom. The molecule has 2 rings (SSSR count). The van der Waals surface area contributed by atoms with Crippen molar-refractivity contribution < 1.29 is 0 Å². The maximum atomic E-state index is 5.51. The first-order chi connectivity index (χ1) is 8.81. The van der Waals surface area contributed by atoms with Crippen LogP contribution in [0.25, 0.3) is 0 Å². The van der Waals surface area contributed by atoms with E-state index in [1.54, 1.807) is 12.5 Å². The minimum Gasteiger partial charge on any atom is -0.353 e. The summed E-state index contributed by atoms with van der Waals surface area (Å²) in [7, 11) is 0. The third-order valence-corrected chi connectivity index (χ3v) is 3.81. The van der Waals surface area contributed by atoms with Gasteiger partial charge in [-0.15, -0.1) is 0 Å². The largest absolute Gasteiger partial charge is 0.353 e. The highest BCUT2D eigenvalue weighted by Gasteiger charge is 2.19. The van der Waals surface area contributed by atoms with Gasteiger partial charge in [0.15, 0.2) is 0 Å². The predicted octanol–water partition coefficient (Wildman–Crippen LogP) is 1.10. The van der Waals surface area contributed by atoms with Crippen molar-refractivity contribution in [3.63, 3.8) is 0 Å². The zero-order valence-electron chi connectivity index (χ0n) is 10.6. The summed E-state index contributed by atoms with van der Waals surface area (Å²) in [6.45, 7) is 6.21. The molecule has 1 aliphatic heterocycles. The SMILES string of the molecule is NCCCCN1CCN(c2ncncc2Br)CC1. The Morgan fingerprint density at radius 3 is 2.67 bits per heavy atom. The number of nitrogens with zero attached hydrogens (tertiary/aromatic N) is 4. The molecule has 1 aromatic heterocycles. The van der Waals surface area contributed by atoms with Crippen molar-refractivity contribution >= 4 is 21.7 Å². The third kappa shape index (κ3) is 3.63. The van der Waals surface area contributed by atoms with E-state index in [9.17, 15) is 0 Å². The zero-order valence-corrected chi connectivity index (χ0v) is 12.1. The Kier molecular flexibility index (Phi) is 5.34. The summed E-state index contributed by atoms with van der Waals surface area (Å²) in [5.41, 5.74) is 5.51. The molecule has 0 aromatic carbocycles. The summed E-state index contributed by atoms with van der Waals surface area (Å²) < 4.78 is 0.974. The predicted molar refractivity (Wildman–Crippen MR) is 76.7 cm³/mol. The van der Waals surface area contributed by atoms with E-state index in [-0.39, 0.29) is 0 Å². The van der Waals surface area contributed by atoms with Crippen LogP contribution in [0.3, 0.4) is 0 Å². The topological polar surface area (TPSA) is 58.3 Å². The van der Waals surface area contributed by atoms with Gasteiger partial charge in [0.05, 0.1) is 4.47 Å². The lowest BCUT2D eigenvalue weighted by atomic mass is 10.2. The standard InChI is InChI=1S/C12H20BrN5/c13-11-9-15-10-16-12(11)18-7-5-17(6-8-18)4-2-1-3-14/h9-10H,1-8,14H2. The zero-order chi connectivity index (χ0) is 12.8. The molecule has 0 atom stereocenters. The molecule has 2 heterocycles. The molecule has 2 N–H and O–H groups in total. The number of halogens is 1. The van der Waals surface area contributed by atoms with Crippen LogP contribution >= 0.6 is 15.9 Å². The second-order valence-corrected chi connectivity index (χ2v) is 5.37. The molecule has 18 heavy (non-hydrogen) atoms. The van der Waals surface area contributed by atoms with Gasteiger partial charge in [-0.25, -0.2) is 9.97 Å². The number of nitrogens with two attached hydrogens (primary N) is 1. The first-order valence-corrected chi connectivity index (χ1v) is 7.23. The van der Waals surface area contributed by atoms with E-state index in [1.807, 2.05) is 0 Å². The molecule has 1 saturated heterocycles. The van der Waals surface area contributed by atoms with E-state index in [4.69, 9.17) is 5.73 Å². The van der Waals surface area contributed by atoms with Crippen molar-refractivity contribution in [3.8, 4) is 0 Å². The van der Waals surface area contributed by atoms with Crippen LogP contribution in [0, 0.1) is 0 Å². The van der Waals surface area contributed by atoms with Gasteiger partial charge < -0.3 is 10.6 Å². The molecule has 0 saturated carbocycles. The number of rotatable bonds is 5. The van der Waals surface area contributed by atoms with Crippen LogP contribution in [0.2, 0.25) is 0 Å². The summed E-state index contributed by atoms with van der Waals surface area (Å²) in [6.07, 6.45) is 5.73. The second-order valence-electron chi connectivity index (χ2n) is 4.52. The highest BCUT2D eigenvalue weighted by Crippen LogP contribution is 2.22. The van der Waals surface area contributed by atoms with Crippen LogP contribution in [0.1, 0.15) is 12.8 Å². The van der Waals surface area contributed by atoms with Crippen molar-refractivity contribution in [2.24, 2.45) is 5.73 Å². The molecule has 1 aliphatic rings.